The minimum absolute atomic E-state index is 0.0389. The van der Waals surface area contributed by atoms with Crippen molar-refractivity contribution < 1.29 is 28.6 Å². The maximum absolute atomic E-state index is 13.0. The predicted molar refractivity (Wildman–Crippen MR) is 111 cm³/mol. The number of aliphatic hydroxyl groups is 1. The average molecular weight is 438 g/mol. The molecule has 1 atom stereocenters. The molecule has 1 fully saturated rings. The van der Waals surface area contributed by atoms with Crippen LogP contribution in [0.4, 0.5) is 0 Å². The number of likely N-dealkylation sites (tertiary alicyclic amines) is 1. The molecule has 2 aromatic carbocycles. The molecule has 1 amide bonds. The molecule has 0 saturated carbocycles. The first-order chi connectivity index (χ1) is 15.0. The summed E-state index contributed by atoms with van der Waals surface area (Å²) in [5.74, 6) is -0.231. The Bertz CT molecular complexity index is 1200. The molecule has 8 heteroatoms. The second-order valence-electron chi connectivity index (χ2n) is 7.14. The van der Waals surface area contributed by atoms with E-state index >= 15 is 0 Å². The second kappa shape index (κ2) is 7.52. The monoisotopic (exact) mass is 437 g/mol. The molecule has 156 valence electrons. The molecule has 0 spiro atoms. The molecule has 2 aliphatic rings. The molecule has 1 unspecified atom stereocenters. The number of nitrogens with zero attached hydrogens (tertiary/aromatic N) is 1. The third kappa shape index (κ3) is 3.33. The van der Waals surface area contributed by atoms with Crippen molar-refractivity contribution >= 4 is 29.1 Å². The topological polar surface area (TPSA) is 89.2 Å². The zero-order valence-electron chi connectivity index (χ0n) is 16.1. The average Bonchev–Trinajstić information content (AvgIpc) is 3.50. The van der Waals surface area contributed by atoms with Gasteiger partial charge in [0, 0.05) is 17.1 Å². The fraction of sp³-hybridized carbons (Fsp3) is 0.130. The van der Waals surface area contributed by atoms with E-state index in [2.05, 4.69) is 0 Å². The number of furan rings is 1. The number of carbonyl (C=O) groups is 2. The van der Waals surface area contributed by atoms with Gasteiger partial charge in [-0.05, 0) is 54.1 Å². The van der Waals surface area contributed by atoms with Crippen molar-refractivity contribution in [2.45, 2.75) is 12.6 Å². The van der Waals surface area contributed by atoms with E-state index in [4.69, 9.17) is 25.5 Å². The lowest BCUT2D eigenvalue weighted by atomic mass is 9.99. The molecule has 31 heavy (non-hydrogen) atoms. The molecule has 7 nitrogen and oxygen atoms in total. The van der Waals surface area contributed by atoms with Crippen molar-refractivity contribution in [1.82, 2.24) is 4.90 Å². The van der Waals surface area contributed by atoms with Gasteiger partial charge in [-0.25, -0.2) is 0 Å². The molecule has 0 bridgehead atoms. The molecule has 3 heterocycles. The molecule has 2 aliphatic heterocycles. The molecule has 1 aromatic heterocycles. The Morgan fingerprint density at radius 1 is 1.06 bits per heavy atom. The zero-order valence-corrected chi connectivity index (χ0v) is 16.8. The lowest BCUT2D eigenvalue weighted by Crippen LogP contribution is -2.29. The van der Waals surface area contributed by atoms with Gasteiger partial charge in [0.1, 0.15) is 17.6 Å². The minimum atomic E-state index is -0.879. The largest absolute Gasteiger partial charge is 0.507 e. The summed E-state index contributed by atoms with van der Waals surface area (Å²) in [6.45, 7) is 0.251. The first kappa shape index (κ1) is 19.3. The molecule has 0 aliphatic carbocycles. The van der Waals surface area contributed by atoms with Gasteiger partial charge in [0.05, 0.1) is 11.8 Å². The molecule has 3 aromatic rings. The number of fused-ring (bicyclic) bond motifs is 1. The maximum atomic E-state index is 13.0. The van der Waals surface area contributed by atoms with Gasteiger partial charge in [0.2, 0.25) is 6.79 Å². The van der Waals surface area contributed by atoms with Crippen molar-refractivity contribution in [1.29, 1.82) is 0 Å². The van der Waals surface area contributed by atoms with E-state index < -0.39 is 17.7 Å². The fourth-order valence-electron chi connectivity index (χ4n) is 3.78. The van der Waals surface area contributed by atoms with Crippen molar-refractivity contribution in [2.24, 2.45) is 0 Å². The van der Waals surface area contributed by atoms with Gasteiger partial charge in [0.25, 0.3) is 11.7 Å². The Morgan fingerprint density at radius 2 is 1.84 bits per heavy atom. The van der Waals surface area contributed by atoms with Crippen LogP contribution in [0.1, 0.15) is 22.9 Å². The summed E-state index contributed by atoms with van der Waals surface area (Å²) in [7, 11) is 0. The van der Waals surface area contributed by atoms with Crippen molar-refractivity contribution in [3.63, 3.8) is 0 Å². The standard InChI is InChI=1S/C23H16ClNO6/c24-15-6-4-14(5-7-15)21(26)19-20(17-2-1-9-29-17)25(23(28)22(19)27)11-13-3-8-16-18(10-13)31-12-30-16/h1-10,20,26H,11-12H2/b21-19-. The molecular weight excluding hydrogens is 422 g/mol. The fourth-order valence-corrected chi connectivity index (χ4v) is 3.91. The Morgan fingerprint density at radius 3 is 2.58 bits per heavy atom. The van der Waals surface area contributed by atoms with Crippen LogP contribution in [-0.4, -0.2) is 28.5 Å². The number of amides is 1. The van der Waals surface area contributed by atoms with Crippen LogP contribution in [0.25, 0.3) is 5.76 Å². The number of halogens is 1. The minimum Gasteiger partial charge on any atom is -0.507 e. The highest BCUT2D eigenvalue weighted by Gasteiger charge is 2.47. The third-order valence-corrected chi connectivity index (χ3v) is 5.51. The van der Waals surface area contributed by atoms with Crippen LogP contribution in [0, 0.1) is 0 Å². The van der Waals surface area contributed by atoms with Gasteiger partial charge in [-0.15, -0.1) is 0 Å². The Balaban J connectivity index is 1.58. The van der Waals surface area contributed by atoms with E-state index in [1.165, 1.54) is 11.2 Å². The normalized spacial score (nSPS) is 19.3. The molecule has 1 saturated heterocycles. The molecule has 5 rings (SSSR count). The van der Waals surface area contributed by atoms with Crippen LogP contribution in [0.3, 0.4) is 0 Å². The van der Waals surface area contributed by atoms with Crippen LogP contribution in [0.5, 0.6) is 11.5 Å². The van der Waals surface area contributed by atoms with Crippen molar-refractivity contribution in [2.75, 3.05) is 6.79 Å². The summed E-state index contributed by atoms with van der Waals surface area (Å²) in [5.41, 5.74) is 1.08. The summed E-state index contributed by atoms with van der Waals surface area (Å²) in [4.78, 5) is 27.3. The predicted octanol–water partition coefficient (Wildman–Crippen LogP) is 4.28. The number of ketones is 1. The highest BCUT2D eigenvalue weighted by Crippen LogP contribution is 2.41. The number of Topliss-reactive ketones (excluding diaryl/α,β-unsaturated/α-hetero) is 1. The van der Waals surface area contributed by atoms with E-state index in [9.17, 15) is 14.7 Å². The van der Waals surface area contributed by atoms with Gasteiger partial charge in [0.15, 0.2) is 11.5 Å². The van der Waals surface area contributed by atoms with Crippen LogP contribution < -0.4 is 9.47 Å². The summed E-state index contributed by atoms with van der Waals surface area (Å²) in [5, 5.41) is 11.4. The quantitative estimate of drug-likeness (QED) is 0.372. The Kier molecular flexibility index (Phi) is 4.67. The van der Waals surface area contributed by atoms with Crippen molar-refractivity contribution in [3.8, 4) is 11.5 Å². The number of rotatable bonds is 4. The Hall–Kier alpha value is -3.71. The first-order valence-corrected chi connectivity index (χ1v) is 9.87. The van der Waals surface area contributed by atoms with Crippen LogP contribution in [-0.2, 0) is 16.1 Å². The number of aliphatic hydroxyl groups excluding tert-OH is 1. The second-order valence-corrected chi connectivity index (χ2v) is 7.57. The van der Waals surface area contributed by atoms with E-state index in [0.29, 0.717) is 27.8 Å². The first-order valence-electron chi connectivity index (χ1n) is 9.49. The molecular formula is C23H16ClNO6. The zero-order chi connectivity index (χ0) is 21.5. The summed E-state index contributed by atoms with van der Waals surface area (Å²) >= 11 is 5.93. The van der Waals surface area contributed by atoms with Gasteiger partial charge in [-0.3, -0.25) is 9.59 Å². The molecule has 0 radical (unpaired) electrons. The lowest BCUT2D eigenvalue weighted by molar-refractivity contribution is -0.140. The summed E-state index contributed by atoms with van der Waals surface area (Å²) < 4.78 is 16.3. The third-order valence-electron chi connectivity index (χ3n) is 5.26. The van der Waals surface area contributed by atoms with E-state index in [-0.39, 0.29) is 24.7 Å². The summed E-state index contributed by atoms with van der Waals surface area (Å²) in [6.07, 6.45) is 1.46. The van der Waals surface area contributed by atoms with Gasteiger partial charge in [-0.2, -0.15) is 0 Å². The number of hydrogen-bond acceptors (Lipinski definition) is 6. The number of carbonyl (C=O) groups excluding carboxylic acids is 2. The van der Waals surface area contributed by atoms with Gasteiger partial charge in [-0.1, -0.05) is 17.7 Å². The number of ether oxygens (including phenoxy) is 2. The van der Waals surface area contributed by atoms with E-state index in [1.807, 2.05) is 0 Å². The van der Waals surface area contributed by atoms with Crippen LogP contribution in [0.15, 0.2) is 70.9 Å². The highest BCUT2D eigenvalue weighted by atomic mass is 35.5. The van der Waals surface area contributed by atoms with Crippen LogP contribution in [0.2, 0.25) is 5.02 Å². The maximum Gasteiger partial charge on any atom is 0.296 e. The number of hydrogen-bond donors (Lipinski definition) is 1. The SMILES string of the molecule is O=C1C(=O)N(Cc2ccc3c(c2)OCO3)C(c2ccco2)/C1=C(/O)c1ccc(Cl)cc1. The summed E-state index contributed by atoms with van der Waals surface area (Å²) in [6, 6.07) is 14.1. The van der Waals surface area contributed by atoms with E-state index in [0.717, 1.165) is 5.56 Å². The van der Waals surface area contributed by atoms with Gasteiger partial charge >= 0.3 is 0 Å². The number of benzene rings is 2. The van der Waals surface area contributed by atoms with Crippen LogP contribution >= 0.6 is 11.6 Å². The smallest absolute Gasteiger partial charge is 0.296 e. The highest BCUT2D eigenvalue weighted by molar-refractivity contribution is 6.46. The van der Waals surface area contributed by atoms with E-state index in [1.54, 1.807) is 54.6 Å². The van der Waals surface area contributed by atoms with Crippen molar-refractivity contribution in [3.05, 3.63) is 88.3 Å². The lowest BCUT2D eigenvalue weighted by Gasteiger charge is -2.23. The molecule has 1 N–H and O–H groups in total. The Labute approximate surface area is 182 Å². The van der Waals surface area contributed by atoms with Gasteiger partial charge < -0.3 is 23.9 Å².